The summed E-state index contributed by atoms with van der Waals surface area (Å²) in [4.78, 5) is 18.2. The number of nitrogens with zero attached hydrogens (tertiary/aromatic N) is 5. The van der Waals surface area contributed by atoms with Gasteiger partial charge in [0.1, 0.15) is 0 Å². The number of nitrogens with one attached hydrogen (secondary N) is 1. The van der Waals surface area contributed by atoms with Crippen LogP contribution in [-0.4, -0.2) is 30.5 Å². The van der Waals surface area contributed by atoms with Crippen LogP contribution in [0.3, 0.4) is 0 Å². The number of rotatable bonds is 5. The van der Waals surface area contributed by atoms with Crippen molar-refractivity contribution in [2.45, 2.75) is 26.6 Å². The van der Waals surface area contributed by atoms with Gasteiger partial charge in [-0.15, -0.1) is 0 Å². The number of carbonyl (C=O) groups is 1. The third kappa shape index (κ3) is 4.82. The summed E-state index contributed by atoms with van der Waals surface area (Å²) in [6.07, 6.45) is -1.37. The predicted octanol–water partition coefficient (Wildman–Crippen LogP) is 5.77. The van der Waals surface area contributed by atoms with E-state index in [9.17, 15) is 18.0 Å². The van der Waals surface area contributed by atoms with Crippen LogP contribution in [0.2, 0.25) is 0 Å². The quantitative estimate of drug-likeness (QED) is 0.330. The monoisotopic (exact) mass is 504 g/mol. The molecule has 0 unspecified atom stereocenters. The lowest BCUT2D eigenvalue weighted by Gasteiger charge is -2.10. The van der Waals surface area contributed by atoms with Crippen molar-refractivity contribution in [3.8, 4) is 11.3 Å². The van der Waals surface area contributed by atoms with E-state index >= 15 is 0 Å². The first-order chi connectivity index (χ1) is 17.6. The van der Waals surface area contributed by atoms with E-state index in [1.165, 1.54) is 16.9 Å². The molecule has 0 atom stereocenters. The fraction of sp³-hybridized carbons (Fsp3) is 0.185. The highest BCUT2D eigenvalue weighted by molar-refractivity contribution is 6.13. The van der Waals surface area contributed by atoms with Gasteiger partial charge in [-0.1, -0.05) is 30.3 Å². The molecule has 5 rings (SSSR count). The van der Waals surface area contributed by atoms with Crippen LogP contribution in [0.15, 0.2) is 67.0 Å². The molecule has 0 bridgehead atoms. The Labute approximate surface area is 210 Å². The molecule has 10 heteroatoms. The highest BCUT2D eigenvalue weighted by atomic mass is 19.4. The Morgan fingerprint density at radius 1 is 1.05 bits per heavy atom. The number of aromatic nitrogens is 5. The van der Waals surface area contributed by atoms with Crippen molar-refractivity contribution in [2.24, 2.45) is 7.05 Å². The molecule has 3 aromatic heterocycles. The van der Waals surface area contributed by atoms with Gasteiger partial charge in [-0.25, -0.2) is 4.98 Å². The first kappa shape index (κ1) is 24.2. The number of hydrogen-bond donors (Lipinski definition) is 1. The van der Waals surface area contributed by atoms with E-state index in [1.807, 2.05) is 45.2 Å². The summed E-state index contributed by atoms with van der Waals surface area (Å²) < 4.78 is 42.3. The van der Waals surface area contributed by atoms with Crippen molar-refractivity contribution in [3.63, 3.8) is 0 Å². The van der Waals surface area contributed by atoms with Crippen molar-refractivity contribution < 1.29 is 18.0 Å². The van der Waals surface area contributed by atoms with Crippen molar-refractivity contribution in [2.75, 3.05) is 5.32 Å². The van der Waals surface area contributed by atoms with Crippen molar-refractivity contribution >= 4 is 22.5 Å². The lowest BCUT2D eigenvalue weighted by molar-refractivity contribution is -0.137. The third-order valence-corrected chi connectivity index (χ3v) is 6.22. The molecule has 0 saturated carbocycles. The Bertz CT molecular complexity index is 1630. The van der Waals surface area contributed by atoms with Gasteiger partial charge in [0.2, 0.25) is 0 Å². The molecule has 0 spiro atoms. The van der Waals surface area contributed by atoms with Gasteiger partial charge in [-0.3, -0.25) is 14.2 Å². The maximum atomic E-state index is 13.4. The minimum absolute atomic E-state index is 0.127. The summed E-state index contributed by atoms with van der Waals surface area (Å²) in [7, 11) is 1.86. The average Bonchev–Trinajstić information content (AvgIpc) is 3.39. The number of anilines is 1. The van der Waals surface area contributed by atoms with Gasteiger partial charge in [0.25, 0.3) is 5.91 Å². The maximum absolute atomic E-state index is 13.4. The van der Waals surface area contributed by atoms with E-state index < -0.39 is 11.7 Å². The molecule has 0 saturated heterocycles. The van der Waals surface area contributed by atoms with Gasteiger partial charge in [0.15, 0.2) is 0 Å². The fourth-order valence-corrected chi connectivity index (χ4v) is 4.38. The van der Waals surface area contributed by atoms with Gasteiger partial charge in [-0.2, -0.15) is 23.4 Å². The minimum Gasteiger partial charge on any atom is -0.319 e. The lowest BCUT2D eigenvalue weighted by Crippen LogP contribution is -2.13. The van der Waals surface area contributed by atoms with E-state index in [0.29, 0.717) is 33.4 Å². The van der Waals surface area contributed by atoms with Crippen LogP contribution in [-0.2, 0) is 19.8 Å². The van der Waals surface area contributed by atoms with Crippen LogP contribution in [0, 0.1) is 13.8 Å². The molecule has 1 amide bonds. The summed E-state index contributed by atoms with van der Waals surface area (Å²) in [5.41, 5.74) is 4.53. The van der Waals surface area contributed by atoms with E-state index in [0.717, 1.165) is 29.1 Å². The first-order valence-electron chi connectivity index (χ1n) is 11.5. The maximum Gasteiger partial charge on any atom is 0.416 e. The fourth-order valence-electron chi connectivity index (χ4n) is 4.38. The van der Waals surface area contributed by atoms with Crippen molar-refractivity contribution in [1.82, 2.24) is 24.5 Å². The Kier molecular flexibility index (Phi) is 6.02. The first-order valence-corrected chi connectivity index (χ1v) is 11.5. The Morgan fingerprint density at radius 3 is 2.57 bits per heavy atom. The number of halogens is 3. The van der Waals surface area contributed by atoms with Gasteiger partial charge in [-0.05, 0) is 43.7 Å². The lowest BCUT2D eigenvalue weighted by atomic mass is 10.0. The van der Waals surface area contributed by atoms with Crippen LogP contribution < -0.4 is 5.32 Å². The molecule has 188 valence electrons. The molecule has 7 nitrogen and oxygen atoms in total. The normalized spacial score (nSPS) is 11.7. The van der Waals surface area contributed by atoms with Crippen LogP contribution in [0.5, 0.6) is 0 Å². The summed E-state index contributed by atoms with van der Waals surface area (Å²) in [6.45, 7) is 3.98. The van der Waals surface area contributed by atoms with E-state index in [1.54, 1.807) is 23.0 Å². The van der Waals surface area contributed by atoms with Gasteiger partial charge < -0.3 is 5.32 Å². The molecule has 0 aliphatic heterocycles. The second-order valence-corrected chi connectivity index (χ2v) is 8.82. The van der Waals surface area contributed by atoms with Crippen molar-refractivity contribution in [1.29, 1.82) is 0 Å². The number of carbonyl (C=O) groups excluding carboxylic acids is 1. The SMILES string of the molecule is Cc1nn(C)c(C)c1-c1cc(C(=O)Nc2cnn(Cc3cccc(C(F)(F)F)c3)c2)c2ccccc2n1. The number of pyridine rings is 1. The average molecular weight is 505 g/mol. The van der Waals surface area contributed by atoms with Crippen LogP contribution in [0.4, 0.5) is 18.9 Å². The number of fused-ring (bicyclic) bond motifs is 1. The topological polar surface area (TPSA) is 77.6 Å². The number of amides is 1. The second kappa shape index (κ2) is 9.20. The number of para-hydroxylation sites is 1. The van der Waals surface area contributed by atoms with Crippen LogP contribution in [0.1, 0.15) is 32.9 Å². The van der Waals surface area contributed by atoms with Gasteiger partial charge >= 0.3 is 6.18 Å². The zero-order chi connectivity index (χ0) is 26.3. The summed E-state index contributed by atoms with van der Waals surface area (Å²) in [5, 5.41) is 12.2. The molecular formula is C27H23F3N6O. The van der Waals surface area contributed by atoms with E-state index in [2.05, 4.69) is 15.5 Å². The molecule has 37 heavy (non-hydrogen) atoms. The smallest absolute Gasteiger partial charge is 0.319 e. The highest BCUT2D eigenvalue weighted by Gasteiger charge is 2.30. The zero-order valence-corrected chi connectivity index (χ0v) is 20.3. The highest BCUT2D eigenvalue weighted by Crippen LogP contribution is 2.31. The molecule has 0 fully saturated rings. The molecule has 2 aromatic carbocycles. The molecular weight excluding hydrogens is 481 g/mol. The number of hydrogen-bond acceptors (Lipinski definition) is 4. The molecule has 0 aliphatic rings. The molecule has 3 heterocycles. The van der Waals surface area contributed by atoms with Crippen LogP contribution >= 0.6 is 0 Å². The Balaban J connectivity index is 1.43. The number of aryl methyl sites for hydroxylation is 2. The largest absolute Gasteiger partial charge is 0.416 e. The van der Waals surface area contributed by atoms with Gasteiger partial charge in [0, 0.05) is 29.9 Å². The molecule has 5 aromatic rings. The second-order valence-electron chi connectivity index (χ2n) is 8.82. The summed E-state index contributed by atoms with van der Waals surface area (Å²) in [5.74, 6) is -0.349. The van der Waals surface area contributed by atoms with Gasteiger partial charge in [0.05, 0.1) is 46.5 Å². The summed E-state index contributed by atoms with van der Waals surface area (Å²) >= 11 is 0. The van der Waals surface area contributed by atoms with E-state index in [-0.39, 0.29) is 12.5 Å². The van der Waals surface area contributed by atoms with Crippen molar-refractivity contribution in [3.05, 3.63) is 95.1 Å². The minimum atomic E-state index is -4.42. The molecule has 1 N–H and O–H groups in total. The predicted molar refractivity (Wildman–Crippen MR) is 134 cm³/mol. The van der Waals surface area contributed by atoms with E-state index in [4.69, 9.17) is 4.98 Å². The number of alkyl halides is 3. The summed E-state index contributed by atoms with van der Waals surface area (Å²) in [6, 6.07) is 14.2. The standard InChI is InChI=1S/C27H23F3N6O/c1-16-25(17(2)35(3)34-16)24-12-22(21-9-4-5-10-23(21)33-24)26(37)32-20-13-31-36(15-20)14-18-7-6-8-19(11-18)27(28,29)30/h4-13,15H,14H2,1-3H3,(H,32,37). The Hall–Kier alpha value is -4.47. The number of benzene rings is 2. The Morgan fingerprint density at radius 2 is 1.84 bits per heavy atom. The third-order valence-electron chi connectivity index (χ3n) is 6.22. The molecule has 0 radical (unpaired) electrons. The van der Waals surface area contributed by atoms with Crippen LogP contribution in [0.25, 0.3) is 22.2 Å². The zero-order valence-electron chi connectivity index (χ0n) is 20.3. The molecule has 0 aliphatic carbocycles.